The first-order valence-corrected chi connectivity index (χ1v) is 15.4. The molecule has 12 atom stereocenters. The lowest BCUT2D eigenvalue weighted by Gasteiger charge is -2.63. The number of aliphatic hydroxyl groups excluding tert-OH is 4. The average Bonchev–Trinajstić information content (AvgIpc) is 3.16. The molecule has 0 bridgehead atoms. The average molecular weight is 533 g/mol. The summed E-state index contributed by atoms with van der Waals surface area (Å²) in [7, 11) is -4.51. The van der Waals surface area contributed by atoms with Crippen molar-refractivity contribution in [2.45, 2.75) is 103 Å². The number of hydrogen-bond acceptors (Lipinski definition) is 7. The van der Waals surface area contributed by atoms with E-state index in [2.05, 4.69) is 25.0 Å². The van der Waals surface area contributed by atoms with Crippen LogP contribution in [-0.4, -0.2) is 64.9 Å². The Labute approximate surface area is 216 Å². The second-order valence-corrected chi connectivity index (χ2v) is 14.3. The zero-order chi connectivity index (χ0) is 26.5. The Balaban J connectivity index is 1.42. The van der Waals surface area contributed by atoms with Crippen molar-refractivity contribution < 1.29 is 37.6 Å². The van der Waals surface area contributed by atoms with Gasteiger partial charge in [-0.05, 0) is 97.7 Å². The molecule has 210 valence electrons. The van der Waals surface area contributed by atoms with Crippen LogP contribution in [0.15, 0.2) is 0 Å². The first-order chi connectivity index (χ1) is 16.8. The summed E-state index contributed by atoms with van der Waals surface area (Å²) in [5, 5.41) is 42.9. The van der Waals surface area contributed by atoms with Crippen LogP contribution in [0.2, 0.25) is 0 Å². The maximum absolute atomic E-state index is 11.7. The van der Waals surface area contributed by atoms with E-state index in [4.69, 9.17) is 4.55 Å². The second kappa shape index (κ2) is 10.7. The van der Waals surface area contributed by atoms with Crippen molar-refractivity contribution in [1.29, 1.82) is 0 Å². The van der Waals surface area contributed by atoms with Crippen LogP contribution in [-0.2, 0) is 14.6 Å². The van der Waals surface area contributed by atoms with E-state index in [-0.39, 0.29) is 59.9 Å². The Morgan fingerprint density at radius 3 is 2.39 bits per heavy atom. The van der Waals surface area contributed by atoms with E-state index in [9.17, 15) is 28.8 Å². The zero-order valence-corrected chi connectivity index (χ0v) is 22.9. The van der Waals surface area contributed by atoms with Gasteiger partial charge in [-0.2, -0.15) is 8.42 Å². The van der Waals surface area contributed by atoms with E-state index in [1.807, 2.05) is 0 Å². The third-order valence-electron chi connectivity index (χ3n) is 11.5. The third kappa shape index (κ3) is 5.27. The maximum Gasteiger partial charge on any atom is 0.397 e. The molecule has 4 rings (SSSR count). The summed E-state index contributed by atoms with van der Waals surface area (Å²) in [5.74, 6) is 1.42. The Kier molecular flexibility index (Phi) is 8.53. The van der Waals surface area contributed by atoms with Crippen molar-refractivity contribution in [3.8, 4) is 0 Å². The van der Waals surface area contributed by atoms with Gasteiger partial charge in [-0.1, -0.05) is 33.6 Å². The molecule has 5 N–H and O–H groups in total. The van der Waals surface area contributed by atoms with Gasteiger partial charge in [-0.25, -0.2) is 4.18 Å². The van der Waals surface area contributed by atoms with Gasteiger partial charge in [0.15, 0.2) is 0 Å². The van der Waals surface area contributed by atoms with E-state index in [1.165, 1.54) is 0 Å². The summed E-state index contributed by atoms with van der Waals surface area (Å²) in [6, 6.07) is 0. The molecule has 4 aliphatic carbocycles. The number of hydrogen-bond donors (Lipinski definition) is 5. The fourth-order valence-corrected chi connectivity index (χ4v) is 9.84. The summed E-state index contributed by atoms with van der Waals surface area (Å²) in [4.78, 5) is 0. The topological polar surface area (TPSA) is 145 Å². The van der Waals surface area contributed by atoms with Gasteiger partial charge in [-0.15, -0.1) is 0 Å². The molecular weight excluding hydrogens is 484 g/mol. The highest BCUT2D eigenvalue weighted by molar-refractivity contribution is 7.80. The fourth-order valence-electron chi connectivity index (χ4n) is 9.47. The van der Waals surface area contributed by atoms with Gasteiger partial charge in [0.2, 0.25) is 0 Å². The predicted octanol–water partition coefficient (Wildman–Crippen LogP) is 3.18. The Bertz CT molecular complexity index is 866. The van der Waals surface area contributed by atoms with Crippen molar-refractivity contribution in [2.75, 3.05) is 13.2 Å². The van der Waals surface area contributed by atoms with E-state index in [1.54, 1.807) is 0 Å². The highest BCUT2D eigenvalue weighted by Crippen LogP contribution is 2.68. The first kappa shape index (κ1) is 28.7. The molecule has 0 spiro atoms. The number of fused-ring (bicyclic) bond motifs is 5. The molecular formula is C27H48O8S. The Morgan fingerprint density at radius 1 is 1.00 bits per heavy atom. The summed E-state index contributed by atoms with van der Waals surface area (Å²) in [6.45, 7) is 6.39. The van der Waals surface area contributed by atoms with E-state index in [0.717, 1.165) is 57.8 Å². The molecule has 4 saturated carbocycles. The van der Waals surface area contributed by atoms with Crippen molar-refractivity contribution in [3.63, 3.8) is 0 Å². The van der Waals surface area contributed by atoms with Gasteiger partial charge in [0.05, 0.1) is 24.9 Å². The molecule has 4 aliphatic rings. The third-order valence-corrected chi connectivity index (χ3v) is 11.9. The second-order valence-electron chi connectivity index (χ2n) is 13.2. The fraction of sp³-hybridized carbons (Fsp3) is 1.00. The van der Waals surface area contributed by atoms with Crippen molar-refractivity contribution in [2.24, 2.45) is 52.3 Å². The molecule has 0 aromatic rings. The molecule has 0 saturated heterocycles. The van der Waals surface area contributed by atoms with Crippen LogP contribution in [0.3, 0.4) is 0 Å². The predicted molar refractivity (Wildman–Crippen MR) is 135 cm³/mol. The highest BCUT2D eigenvalue weighted by atomic mass is 32.3. The molecule has 36 heavy (non-hydrogen) atoms. The lowest BCUT2D eigenvalue weighted by molar-refractivity contribution is -0.207. The number of aliphatic hydroxyl groups is 4. The quantitative estimate of drug-likeness (QED) is 0.285. The van der Waals surface area contributed by atoms with E-state index in [0.29, 0.717) is 24.2 Å². The molecule has 4 fully saturated rings. The Morgan fingerprint density at radius 2 is 1.72 bits per heavy atom. The summed E-state index contributed by atoms with van der Waals surface area (Å²) < 4.78 is 34.9. The first-order valence-electron chi connectivity index (χ1n) is 14.1. The lowest BCUT2D eigenvalue weighted by atomic mass is 9.43. The molecule has 0 amide bonds. The molecule has 0 radical (unpaired) electrons. The van der Waals surface area contributed by atoms with Crippen LogP contribution in [0.4, 0.5) is 0 Å². The maximum atomic E-state index is 11.7. The van der Waals surface area contributed by atoms with Crippen LogP contribution < -0.4 is 0 Å². The van der Waals surface area contributed by atoms with Crippen LogP contribution >= 0.6 is 0 Å². The molecule has 0 aromatic carbocycles. The van der Waals surface area contributed by atoms with Crippen LogP contribution in [0.5, 0.6) is 0 Å². The summed E-state index contributed by atoms with van der Waals surface area (Å²) >= 11 is 0. The minimum absolute atomic E-state index is 0.0680. The van der Waals surface area contributed by atoms with Gasteiger partial charge in [0, 0.05) is 12.5 Å². The summed E-state index contributed by atoms with van der Waals surface area (Å²) in [5.41, 5.74) is -0.179. The van der Waals surface area contributed by atoms with Crippen molar-refractivity contribution >= 4 is 10.4 Å². The Hall–Kier alpha value is -0.290. The molecule has 0 aliphatic heterocycles. The molecule has 8 nitrogen and oxygen atoms in total. The minimum atomic E-state index is -4.51. The van der Waals surface area contributed by atoms with Crippen LogP contribution in [0, 0.1) is 52.3 Å². The number of rotatable bonds is 9. The van der Waals surface area contributed by atoms with Gasteiger partial charge in [0.25, 0.3) is 0 Å². The largest absolute Gasteiger partial charge is 0.397 e. The summed E-state index contributed by atoms with van der Waals surface area (Å²) in [6.07, 6.45) is 7.30. The molecule has 0 heterocycles. The van der Waals surface area contributed by atoms with Gasteiger partial charge < -0.3 is 20.4 Å². The molecule has 9 heteroatoms. The van der Waals surface area contributed by atoms with Crippen molar-refractivity contribution in [1.82, 2.24) is 0 Å². The van der Waals surface area contributed by atoms with Gasteiger partial charge in [0.1, 0.15) is 0 Å². The smallest absolute Gasteiger partial charge is 0.396 e. The monoisotopic (exact) mass is 532 g/mol. The van der Waals surface area contributed by atoms with Crippen LogP contribution in [0.25, 0.3) is 0 Å². The normalized spacial score (nSPS) is 46.4. The van der Waals surface area contributed by atoms with Gasteiger partial charge in [-0.3, -0.25) is 4.55 Å². The van der Waals surface area contributed by atoms with Crippen LogP contribution in [0.1, 0.15) is 85.0 Å². The lowest BCUT2D eigenvalue weighted by Crippen LogP contribution is -2.62. The minimum Gasteiger partial charge on any atom is -0.396 e. The van der Waals surface area contributed by atoms with Gasteiger partial charge >= 0.3 is 10.4 Å². The standard InChI is InChI=1S/C27H48O8S/c1-16(5-4-6-17(14-28)15-35-36(32,33)34)20-7-8-21-25-22(13-24(31)27(20,21)3)26(2)10-9-19(29)11-18(26)12-23(25)30/h16-25,28-31H,4-15H2,1-3H3,(H,32,33,34)/t16-,17?,18+,19-,20-,21+,22+,23-,24+,25-,26+,27+/m1/s1. The SMILES string of the molecule is C[C@H](CCCC(CO)COS(=O)(=O)O)[C@H]1CC[C@H]2[C@H]3[C@H](O)C[C@@H]4C[C@H](O)CC[C@]4(C)[C@H]3C[C@H](O)[C@@]12C. The molecule has 1 unspecified atom stereocenters. The van der Waals surface area contributed by atoms with Crippen molar-refractivity contribution in [3.05, 3.63) is 0 Å². The molecule has 0 aromatic heterocycles. The van der Waals surface area contributed by atoms with E-state index >= 15 is 0 Å². The van der Waals surface area contributed by atoms with E-state index < -0.39 is 16.5 Å². The highest BCUT2D eigenvalue weighted by Gasteiger charge is 2.65. The zero-order valence-electron chi connectivity index (χ0n) is 22.1.